The molecule has 0 saturated heterocycles. The Morgan fingerprint density at radius 2 is 1.94 bits per heavy atom. The van der Waals surface area contributed by atoms with E-state index in [1.165, 1.54) is 32.1 Å². The second kappa shape index (κ2) is 9.53. The van der Waals surface area contributed by atoms with Crippen LogP contribution in [0.1, 0.15) is 70.0 Å². The van der Waals surface area contributed by atoms with Gasteiger partial charge in [-0.1, -0.05) is 46.1 Å². The van der Waals surface area contributed by atoms with Crippen LogP contribution < -0.4 is 10.6 Å². The number of hydrogen-bond acceptors (Lipinski definition) is 4. The number of anilines is 1. The number of carbonyl (C=O) groups excluding carboxylic acids is 1. The van der Waals surface area contributed by atoms with Crippen molar-refractivity contribution in [2.45, 2.75) is 77.0 Å². The van der Waals surface area contributed by atoms with Crippen molar-refractivity contribution in [1.82, 2.24) is 19.5 Å². The van der Waals surface area contributed by atoms with E-state index in [2.05, 4.69) is 42.5 Å². The number of urea groups is 1. The van der Waals surface area contributed by atoms with Gasteiger partial charge in [0.05, 0.1) is 29.1 Å². The molecule has 7 heteroatoms. The van der Waals surface area contributed by atoms with Crippen LogP contribution in [-0.2, 0) is 12.0 Å². The van der Waals surface area contributed by atoms with Crippen molar-refractivity contribution >= 4 is 34.6 Å². The second-order valence-electron chi connectivity index (χ2n) is 9.64. The number of aromatic nitrogens is 3. The van der Waals surface area contributed by atoms with E-state index in [1.54, 1.807) is 0 Å². The number of carbonyl (C=O) groups is 1. The lowest BCUT2D eigenvalue weighted by Crippen LogP contribution is -2.29. The molecule has 0 radical (unpaired) electrons. The molecule has 32 heavy (non-hydrogen) atoms. The van der Waals surface area contributed by atoms with Crippen LogP contribution in [0.4, 0.5) is 10.5 Å². The number of nitrogens with zero attached hydrogens (tertiary/aromatic N) is 3. The van der Waals surface area contributed by atoms with Gasteiger partial charge >= 0.3 is 6.03 Å². The van der Waals surface area contributed by atoms with Gasteiger partial charge in [-0.15, -0.1) is 0 Å². The van der Waals surface area contributed by atoms with Crippen LogP contribution >= 0.6 is 11.9 Å². The first-order chi connectivity index (χ1) is 15.3. The Kier molecular flexibility index (Phi) is 6.74. The topological polar surface area (TPSA) is 71.8 Å². The van der Waals surface area contributed by atoms with Crippen molar-refractivity contribution in [3.63, 3.8) is 0 Å². The van der Waals surface area contributed by atoms with Crippen LogP contribution in [-0.4, -0.2) is 25.5 Å². The molecule has 0 spiro atoms. The Hall–Kier alpha value is -2.54. The van der Waals surface area contributed by atoms with E-state index in [1.807, 2.05) is 53.3 Å². The molecule has 0 atom stereocenters. The molecule has 6 nitrogen and oxygen atoms in total. The minimum absolute atomic E-state index is 0.0382. The number of pyridine rings is 1. The summed E-state index contributed by atoms with van der Waals surface area (Å²) >= 11 is 1.81. The summed E-state index contributed by atoms with van der Waals surface area (Å²) in [5, 5.41) is 12.4. The Labute approximate surface area is 194 Å². The van der Waals surface area contributed by atoms with Crippen LogP contribution in [0.2, 0.25) is 0 Å². The maximum absolute atomic E-state index is 12.7. The molecule has 170 valence electrons. The van der Waals surface area contributed by atoms with E-state index in [-0.39, 0.29) is 11.4 Å². The predicted octanol–water partition coefficient (Wildman–Crippen LogP) is 6.19. The third kappa shape index (κ3) is 5.44. The van der Waals surface area contributed by atoms with Crippen molar-refractivity contribution in [2.75, 3.05) is 5.32 Å². The fourth-order valence-electron chi connectivity index (χ4n) is 4.00. The number of rotatable bonds is 5. The summed E-state index contributed by atoms with van der Waals surface area (Å²) in [6.45, 7) is 8.91. The number of benzene rings is 1. The monoisotopic (exact) mass is 451 g/mol. The number of nitrogens with one attached hydrogen (secondary N) is 2. The molecule has 0 aliphatic heterocycles. The van der Waals surface area contributed by atoms with Gasteiger partial charge in [-0.2, -0.15) is 5.10 Å². The average molecular weight is 452 g/mol. The average Bonchev–Trinajstić information content (AvgIpc) is 3.16. The lowest BCUT2D eigenvalue weighted by Gasteiger charge is -2.21. The van der Waals surface area contributed by atoms with Crippen LogP contribution in [0.25, 0.3) is 10.9 Å². The van der Waals surface area contributed by atoms with Gasteiger partial charge in [0.15, 0.2) is 0 Å². The van der Waals surface area contributed by atoms with Gasteiger partial charge in [0, 0.05) is 21.7 Å². The maximum atomic E-state index is 12.7. The van der Waals surface area contributed by atoms with Crippen LogP contribution in [0.15, 0.2) is 36.4 Å². The van der Waals surface area contributed by atoms with E-state index in [9.17, 15) is 4.79 Å². The van der Waals surface area contributed by atoms with Gasteiger partial charge in [-0.3, -0.25) is 4.98 Å². The van der Waals surface area contributed by atoms with E-state index in [4.69, 9.17) is 5.10 Å². The molecular weight excluding hydrogens is 418 g/mol. The highest BCUT2D eigenvalue weighted by atomic mass is 32.2. The van der Waals surface area contributed by atoms with Crippen molar-refractivity contribution in [3.05, 3.63) is 53.5 Å². The van der Waals surface area contributed by atoms with Crippen LogP contribution in [0.5, 0.6) is 0 Å². The zero-order valence-corrected chi connectivity index (χ0v) is 20.3. The third-order valence-corrected chi connectivity index (χ3v) is 7.15. The Morgan fingerprint density at radius 1 is 1.16 bits per heavy atom. The molecule has 2 heterocycles. The van der Waals surface area contributed by atoms with Gasteiger partial charge in [0.2, 0.25) is 0 Å². The number of amides is 2. The van der Waals surface area contributed by atoms with Crippen molar-refractivity contribution in [3.8, 4) is 0 Å². The highest BCUT2D eigenvalue weighted by Gasteiger charge is 2.23. The summed E-state index contributed by atoms with van der Waals surface area (Å²) in [6.07, 6.45) is 6.39. The molecule has 0 unspecified atom stereocenters. The molecule has 1 fully saturated rings. The molecule has 1 saturated carbocycles. The van der Waals surface area contributed by atoms with E-state index < -0.39 is 0 Å². The first-order valence-corrected chi connectivity index (χ1v) is 12.3. The summed E-state index contributed by atoms with van der Waals surface area (Å²) in [6, 6.07) is 11.6. The lowest BCUT2D eigenvalue weighted by atomic mass is 9.92. The maximum Gasteiger partial charge on any atom is 0.319 e. The number of hydrogen-bond donors (Lipinski definition) is 2. The number of fused-ring (bicyclic) bond motifs is 1. The van der Waals surface area contributed by atoms with E-state index in [0.29, 0.717) is 11.8 Å². The first kappa shape index (κ1) is 22.6. The normalized spacial score (nSPS) is 15.1. The van der Waals surface area contributed by atoms with Crippen molar-refractivity contribution in [1.29, 1.82) is 0 Å². The Balaban J connectivity index is 1.46. The van der Waals surface area contributed by atoms with Gasteiger partial charge in [-0.25, -0.2) is 8.88 Å². The molecule has 1 aromatic carbocycles. The smallest absolute Gasteiger partial charge is 0.319 e. The summed E-state index contributed by atoms with van der Waals surface area (Å²) in [5.74, 6) is 0. The summed E-state index contributed by atoms with van der Waals surface area (Å²) in [7, 11) is 0. The zero-order valence-electron chi connectivity index (χ0n) is 19.4. The van der Waals surface area contributed by atoms with Gasteiger partial charge in [0.1, 0.15) is 0 Å². The number of aryl methyl sites for hydroxylation is 1. The van der Waals surface area contributed by atoms with E-state index >= 15 is 0 Å². The molecule has 0 bridgehead atoms. The molecule has 1 aliphatic carbocycles. The molecule has 1 aliphatic rings. The van der Waals surface area contributed by atoms with Gasteiger partial charge in [0.25, 0.3) is 0 Å². The lowest BCUT2D eigenvalue weighted by molar-refractivity contribution is 0.251. The van der Waals surface area contributed by atoms with Gasteiger partial charge < -0.3 is 10.6 Å². The Morgan fingerprint density at radius 3 is 2.69 bits per heavy atom. The standard InChI is InChI=1S/C25H33N5OS/c1-17-13-14-20-21(27-17)11-8-12-22(20)28-24(31)26-16-18-15-23(25(2,3)4)29-30(18)32-19-9-6-5-7-10-19/h8,11-15,19H,5-7,9-10,16H2,1-4H3,(H2,26,28,31). The van der Waals surface area contributed by atoms with E-state index in [0.717, 1.165) is 33.7 Å². The summed E-state index contributed by atoms with van der Waals surface area (Å²) < 4.78 is 2.04. The molecule has 2 amide bonds. The van der Waals surface area contributed by atoms with Crippen LogP contribution in [0.3, 0.4) is 0 Å². The molecule has 3 aromatic rings. The van der Waals surface area contributed by atoms with Crippen molar-refractivity contribution in [2.24, 2.45) is 0 Å². The molecular formula is C25H33N5OS. The fraction of sp³-hybridized carbons (Fsp3) is 0.480. The summed E-state index contributed by atoms with van der Waals surface area (Å²) in [4.78, 5) is 17.3. The molecule has 2 N–H and O–H groups in total. The SMILES string of the molecule is Cc1ccc2c(NC(=O)NCc3cc(C(C)(C)C)nn3SC3CCCCC3)cccc2n1. The minimum Gasteiger partial charge on any atom is -0.332 e. The first-order valence-electron chi connectivity index (χ1n) is 11.5. The second-order valence-corrected chi connectivity index (χ2v) is 10.9. The Bertz CT molecular complexity index is 1100. The molecule has 4 rings (SSSR count). The van der Waals surface area contributed by atoms with Crippen molar-refractivity contribution < 1.29 is 4.79 Å². The fourth-order valence-corrected chi connectivity index (χ4v) is 5.21. The highest BCUT2D eigenvalue weighted by Crippen LogP contribution is 2.31. The third-order valence-electron chi connectivity index (χ3n) is 5.87. The highest BCUT2D eigenvalue weighted by molar-refractivity contribution is 7.98. The van der Waals surface area contributed by atoms with Gasteiger partial charge in [-0.05, 0) is 62.0 Å². The largest absolute Gasteiger partial charge is 0.332 e. The minimum atomic E-state index is -0.231. The predicted molar refractivity (Wildman–Crippen MR) is 133 cm³/mol. The van der Waals surface area contributed by atoms with Crippen LogP contribution in [0, 0.1) is 6.92 Å². The molecule has 2 aromatic heterocycles. The zero-order chi connectivity index (χ0) is 22.7. The summed E-state index contributed by atoms with van der Waals surface area (Å²) in [5.41, 5.74) is 4.62. The quantitative estimate of drug-likeness (QED) is 0.485.